The van der Waals surface area contributed by atoms with Crippen molar-refractivity contribution in [3.8, 4) is 39.3 Å². The summed E-state index contributed by atoms with van der Waals surface area (Å²) in [5.74, 6) is 0. The molecule has 0 saturated heterocycles. The molecule has 0 bridgehead atoms. The molecule has 0 radical (unpaired) electrons. The quantitative estimate of drug-likeness (QED) is 0.200. The molecule has 8 aromatic rings. The van der Waals surface area contributed by atoms with Crippen molar-refractivity contribution in [3.05, 3.63) is 164 Å². The van der Waals surface area contributed by atoms with Gasteiger partial charge < -0.3 is 4.57 Å². The third-order valence-electron chi connectivity index (χ3n) is 9.07. The molecule has 0 aliphatic carbocycles. The fraction of sp³-hybridized carbons (Fsp3) is 0. The van der Waals surface area contributed by atoms with E-state index in [9.17, 15) is 0 Å². The zero-order valence-corrected chi connectivity index (χ0v) is 24.1. The first-order chi connectivity index (χ1) is 21.8. The van der Waals surface area contributed by atoms with E-state index in [0.29, 0.717) is 0 Å². The Bertz CT molecular complexity index is 2290. The van der Waals surface area contributed by atoms with Crippen LogP contribution in [0.15, 0.2) is 164 Å². The Morgan fingerprint density at radius 3 is 1.73 bits per heavy atom. The minimum atomic E-state index is 0.148. The summed E-state index contributed by atoms with van der Waals surface area (Å²) >= 11 is 0. The number of hydrogen-bond donors (Lipinski definition) is 0. The molecule has 1 aliphatic rings. The molecule has 3 heterocycles. The van der Waals surface area contributed by atoms with Crippen molar-refractivity contribution in [2.24, 2.45) is 0 Å². The van der Waals surface area contributed by atoms with Gasteiger partial charge in [0.25, 0.3) is 0 Å². The Hall–Kier alpha value is -5.67. The number of aromatic nitrogens is 2. The summed E-state index contributed by atoms with van der Waals surface area (Å²) in [6.07, 6.45) is 0. The zero-order valence-electron chi connectivity index (χ0n) is 24.1. The van der Waals surface area contributed by atoms with Gasteiger partial charge in [0.2, 0.25) is 6.71 Å². The lowest BCUT2D eigenvalue weighted by molar-refractivity contribution is 1.18. The molecular weight excluding hydrogens is 531 g/mol. The van der Waals surface area contributed by atoms with Gasteiger partial charge in [-0.3, -0.25) is 0 Å². The van der Waals surface area contributed by atoms with Crippen molar-refractivity contribution in [3.63, 3.8) is 0 Å². The van der Waals surface area contributed by atoms with Gasteiger partial charge in [0.1, 0.15) is 0 Å². The maximum absolute atomic E-state index is 5.30. The number of nitrogens with zero attached hydrogens (tertiary/aromatic N) is 2. The van der Waals surface area contributed by atoms with Crippen molar-refractivity contribution >= 4 is 44.9 Å². The molecule has 0 N–H and O–H groups in total. The van der Waals surface area contributed by atoms with E-state index < -0.39 is 0 Å². The Labute approximate surface area is 257 Å². The van der Waals surface area contributed by atoms with Crippen LogP contribution in [0.3, 0.4) is 0 Å². The van der Waals surface area contributed by atoms with Gasteiger partial charge in [0.05, 0.1) is 22.4 Å². The molecule has 2 aromatic heterocycles. The molecule has 44 heavy (non-hydrogen) atoms. The molecule has 0 spiro atoms. The van der Waals surface area contributed by atoms with Crippen LogP contribution >= 0.6 is 0 Å². The topological polar surface area (TPSA) is 17.8 Å². The standard InChI is InChI=1S/C41H27BN2/c1-3-13-28(14-4-1)38-26-30(42-36-20-10-7-17-32(36)33-18-8-11-21-37(33)42)27-39(43-38)29-23-24-41-35(25-29)34-19-9-12-22-40(34)44(41)31-15-5-2-6-16-31/h1-27H. The van der Waals surface area contributed by atoms with Crippen molar-refractivity contribution < 1.29 is 0 Å². The second-order valence-corrected chi connectivity index (χ2v) is 11.6. The second-order valence-electron chi connectivity index (χ2n) is 11.6. The summed E-state index contributed by atoms with van der Waals surface area (Å²) in [5, 5.41) is 2.47. The van der Waals surface area contributed by atoms with Gasteiger partial charge in [-0.15, -0.1) is 0 Å². The van der Waals surface area contributed by atoms with E-state index in [-0.39, 0.29) is 6.71 Å². The Morgan fingerprint density at radius 1 is 0.432 bits per heavy atom. The van der Waals surface area contributed by atoms with Crippen molar-refractivity contribution in [2.75, 3.05) is 0 Å². The maximum Gasteiger partial charge on any atom is 0.243 e. The molecule has 0 atom stereocenters. The first-order valence-corrected chi connectivity index (χ1v) is 15.2. The van der Waals surface area contributed by atoms with Crippen LogP contribution in [0.4, 0.5) is 0 Å². The first kappa shape index (κ1) is 24.9. The number of pyridine rings is 1. The predicted octanol–water partition coefficient (Wildman–Crippen LogP) is 8.01. The largest absolute Gasteiger partial charge is 0.309 e. The smallest absolute Gasteiger partial charge is 0.243 e. The SMILES string of the molecule is c1ccc(-c2cc(B3c4ccccc4-c4ccccc43)cc(-c3ccc4c(c3)c3ccccc3n4-c3ccccc3)n2)cc1. The number of rotatable bonds is 4. The third-order valence-corrected chi connectivity index (χ3v) is 9.07. The normalized spacial score (nSPS) is 12.0. The highest BCUT2D eigenvalue weighted by atomic mass is 15.0. The molecular formula is C41H27BN2. The highest BCUT2D eigenvalue weighted by Gasteiger charge is 2.33. The fourth-order valence-corrected chi connectivity index (χ4v) is 7.13. The number of fused-ring (bicyclic) bond motifs is 6. The maximum atomic E-state index is 5.30. The van der Waals surface area contributed by atoms with Crippen LogP contribution in [0.5, 0.6) is 0 Å². The summed E-state index contributed by atoms with van der Waals surface area (Å²) in [5.41, 5.74) is 14.4. The Kier molecular flexibility index (Phi) is 5.64. The van der Waals surface area contributed by atoms with Crippen LogP contribution in [0.1, 0.15) is 0 Å². The molecule has 3 heteroatoms. The number of benzene rings is 6. The monoisotopic (exact) mass is 558 g/mol. The average Bonchev–Trinajstić information content (AvgIpc) is 3.61. The van der Waals surface area contributed by atoms with Gasteiger partial charge in [-0.05, 0) is 53.6 Å². The van der Waals surface area contributed by atoms with Crippen molar-refractivity contribution in [1.82, 2.24) is 9.55 Å². The summed E-state index contributed by atoms with van der Waals surface area (Å²) in [6.45, 7) is 0.148. The van der Waals surface area contributed by atoms with Gasteiger partial charge >= 0.3 is 0 Å². The minimum absolute atomic E-state index is 0.148. The van der Waals surface area contributed by atoms with E-state index in [0.717, 1.165) is 28.2 Å². The summed E-state index contributed by atoms with van der Waals surface area (Å²) in [6, 6.07) is 59.0. The average molecular weight is 558 g/mol. The molecule has 0 fully saturated rings. The van der Waals surface area contributed by atoms with E-state index >= 15 is 0 Å². The lowest BCUT2D eigenvalue weighted by atomic mass is 9.39. The predicted molar refractivity (Wildman–Crippen MR) is 186 cm³/mol. The molecule has 9 rings (SSSR count). The van der Waals surface area contributed by atoms with Crippen LogP contribution < -0.4 is 16.4 Å². The summed E-state index contributed by atoms with van der Waals surface area (Å²) in [7, 11) is 0. The molecule has 2 nitrogen and oxygen atoms in total. The van der Waals surface area contributed by atoms with E-state index in [1.807, 2.05) is 0 Å². The van der Waals surface area contributed by atoms with Crippen LogP contribution in [-0.4, -0.2) is 16.3 Å². The molecule has 204 valence electrons. The highest BCUT2D eigenvalue weighted by Crippen LogP contribution is 2.35. The summed E-state index contributed by atoms with van der Waals surface area (Å²) < 4.78 is 2.36. The molecule has 0 amide bonds. The fourth-order valence-electron chi connectivity index (χ4n) is 7.13. The van der Waals surface area contributed by atoms with Gasteiger partial charge in [-0.1, -0.05) is 138 Å². The van der Waals surface area contributed by atoms with Crippen LogP contribution in [0.25, 0.3) is 61.1 Å². The second kappa shape index (κ2) is 9.96. The van der Waals surface area contributed by atoms with Crippen LogP contribution in [0, 0.1) is 0 Å². The summed E-state index contributed by atoms with van der Waals surface area (Å²) in [4.78, 5) is 5.30. The highest BCUT2D eigenvalue weighted by molar-refractivity contribution is 6.99. The van der Waals surface area contributed by atoms with E-state index in [1.165, 1.54) is 49.3 Å². The van der Waals surface area contributed by atoms with Gasteiger partial charge in [0.15, 0.2) is 0 Å². The van der Waals surface area contributed by atoms with E-state index in [2.05, 4.69) is 168 Å². The van der Waals surface area contributed by atoms with Crippen molar-refractivity contribution in [2.45, 2.75) is 0 Å². The molecule has 0 saturated carbocycles. The minimum Gasteiger partial charge on any atom is -0.309 e. The lowest BCUT2D eigenvalue weighted by Gasteiger charge is -2.15. The van der Waals surface area contributed by atoms with E-state index in [4.69, 9.17) is 4.98 Å². The van der Waals surface area contributed by atoms with Gasteiger partial charge in [-0.25, -0.2) is 4.98 Å². The van der Waals surface area contributed by atoms with Crippen LogP contribution in [-0.2, 0) is 0 Å². The first-order valence-electron chi connectivity index (χ1n) is 15.2. The van der Waals surface area contributed by atoms with Gasteiger partial charge in [-0.2, -0.15) is 0 Å². The lowest BCUT2D eigenvalue weighted by Crippen LogP contribution is -2.49. The Balaban J connectivity index is 1.28. The molecule has 0 unspecified atom stereocenters. The van der Waals surface area contributed by atoms with Crippen LogP contribution in [0.2, 0.25) is 0 Å². The van der Waals surface area contributed by atoms with E-state index in [1.54, 1.807) is 0 Å². The number of para-hydroxylation sites is 2. The van der Waals surface area contributed by atoms with Gasteiger partial charge in [0, 0.05) is 27.6 Å². The third kappa shape index (κ3) is 3.87. The van der Waals surface area contributed by atoms with Crippen molar-refractivity contribution in [1.29, 1.82) is 0 Å². The number of hydrogen-bond acceptors (Lipinski definition) is 1. The molecule has 1 aliphatic heterocycles. The zero-order chi connectivity index (χ0) is 29.0. The molecule has 6 aromatic carbocycles. The Morgan fingerprint density at radius 2 is 1.00 bits per heavy atom.